The Labute approximate surface area is 125 Å². The second kappa shape index (κ2) is 5.95. The van der Waals surface area contributed by atoms with Crippen LogP contribution in [0.25, 0.3) is 23.2 Å². The van der Waals surface area contributed by atoms with E-state index in [1.807, 2.05) is 0 Å². The minimum absolute atomic E-state index is 0.0831. The number of phenols is 1. The van der Waals surface area contributed by atoms with E-state index in [-0.39, 0.29) is 33.5 Å². The predicted octanol–water partition coefficient (Wildman–Crippen LogP) is 0.485. The molecule has 22 heavy (non-hydrogen) atoms. The van der Waals surface area contributed by atoms with Crippen LogP contribution < -0.4 is 16.1 Å². The SMILES string of the molecule is C/C(O)=c1/c(=O)c(O)c(-c2ccc(C)cc2O)o/c1=C/CO. The van der Waals surface area contributed by atoms with Crippen LogP contribution in [-0.2, 0) is 0 Å². The lowest BCUT2D eigenvalue weighted by atomic mass is 10.1. The molecule has 1 aromatic heterocycles. The lowest BCUT2D eigenvalue weighted by Gasteiger charge is -2.07. The minimum atomic E-state index is -0.846. The Morgan fingerprint density at radius 2 is 2.00 bits per heavy atom. The Balaban J connectivity index is 2.94. The quantitative estimate of drug-likeness (QED) is 0.642. The maximum atomic E-state index is 12.2. The van der Waals surface area contributed by atoms with E-state index in [9.17, 15) is 20.1 Å². The van der Waals surface area contributed by atoms with Gasteiger partial charge < -0.3 is 24.8 Å². The van der Waals surface area contributed by atoms with Crippen LogP contribution in [0.2, 0.25) is 0 Å². The number of aliphatic hydroxyl groups is 2. The summed E-state index contributed by atoms with van der Waals surface area (Å²) in [6, 6.07) is 4.64. The van der Waals surface area contributed by atoms with Gasteiger partial charge in [-0.15, -0.1) is 0 Å². The molecule has 1 aromatic carbocycles. The maximum Gasteiger partial charge on any atom is 0.238 e. The van der Waals surface area contributed by atoms with Crippen LogP contribution in [0.3, 0.4) is 0 Å². The van der Waals surface area contributed by atoms with Gasteiger partial charge in [-0.3, -0.25) is 4.79 Å². The van der Waals surface area contributed by atoms with Gasteiger partial charge >= 0.3 is 0 Å². The van der Waals surface area contributed by atoms with E-state index in [1.165, 1.54) is 25.1 Å². The lowest BCUT2D eigenvalue weighted by Crippen LogP contribution is -2.40. The van der Waals surface area contributed by atoms with E-state index in [0.29, 0.717) is 0 Å². The predicted molar refractivity (Wildman–Crippen MR) is 81.0 cm³/mol. The van der Waals surface area contributed by atoms with Gasteiger partial charge in [0.2, 0.25) is 11.2 Å². The van der Waals surface area contributed by atoms with E-state index < -0.39 is 17.8 Å². The van der Waals surface area contributed by atoms with E-state index in [1.54, 1.807) is 13.0 Å². The molecule has 6 heteroatoms. The number of aliphatic hydroxyl groups excluding tert-OH is 2. The molecule has 0 atom stereocenters. The Bertz CT molecular complexity index is 888. The van der Waals surface area contributed by atoms with Crippen LogP contribution in [0.15, 0.2) is 27.4 Å². The average Bonchev–Trinajstić information content (AvgIpc) is 2.43. The van der Waals surface area contributed by atoms with E-state index in [2.05, 4.69) is 0 Å². The first-order chi connectivity index (χ1) is 10.4. The highest BCUT2D eigenvalue weighted by Gasteiger charge is 2.17. The highest BCUT2D eigenvalue weighted by molar-refractivity contribution is 5.70. The fourth-order valence-electron chi connectivity index (χ4n) is 2.13. The molecule has 0 fully saturated rings. The van der Waals surface area contributed by atoms with Crippen LogP contribution >= 0.6 is 0 Å². The maximum absolute atomic E-state index is 12.2. The molecule has 0 spiro atoms. The summed E-state index contributed by atoms with van der Waals surface area (Å²) in [6.07, 6.45) is 1.19. The Morgan fingerprint density at radius 3 is 2.55 bits per heavy atom. The van der Waals surface area contributed by atoms with Crippen LogP contribution in [0.1, 0.15) is 12.5 Å². The molecule has 0 saturated heterocycles. The molecule has 0 saturated carbocycles. The van der Waals surface area contributed by atoms with Crippen molar-refractivity contribution in [3.05, 3.63) is 44.6 Å². The summed E-state index contributed by atoms with van der Waals surface area (Å²) in [4.78, 5) is 12.2. The molecule has 0 amide bonds. The fraction of sp³-hybridized carbons (Fsp3) is 0.188. The Morgan fingerprint density at radius 1 is 1.32 bits per heavy atom. The molecule has 4 N–H and O–H groups in total. The molecule has 0 aliphatic carbocycles. The van der Waals surface area contributed by atoms with Crippen molar-refractivity contribution in [2.75, 3.05) is 6.61 Å². The molecule has 6 nitrogen and oxygen atoms in total. The monoisotopic (exact) mass is 304 g/mol. The zero-order chi connectivity index (χ0) is 16.4. The van der Waals surface area contributed by atoms with Crippen molar-refractivity contribution < 1.29 is 24.8 Å². The minimum Gasteiger partial charge on any atom is -0.512 e. The molecule has 0 radical (unpaired) electrons. The normalized spacial score (nSPS) is 13.3. The van der Waals surface area contributed by atoms with Crippen LogP contribution in [-0.4, -0.2) is 27.0 Å². The lowest BCUT2D eigenvalue weighted by molar-refractivity contribution is 0.351. The van der Waals surface area contributed by atoms with Crippen molar-refractivity contribution in [3.63, 3.8) is 0 Å². The molecular formula is C16H16O6. The number of phenolic OH excluding ortho intramolecular Hbond substituents is 1. The van der Waals surface area contributed by atoms with Gasteiger partial charge in [0, 0.05) is 0 Å². The molecule has 0 bridgehead atoms. The molecule has 1 heterocycles. The van der Waals surface area contributed by atoms with E-state index in [0.717, 1.165) is 5.56 Å². The third kappa shape index (κ3) is 2.68. The molecule has 0 aliphatic rings. The molecule has 116 valence electrons. The van der Waals surface area contributed by atoms with Gasteiger partial charge in [-0.2, -0.15) is 0 Å². The summed E-state index contributed by atoms with van der Waals surface area (Å²) in [5, 5.41) is 38.4. The summed E-state index contributed by atoms with van der Waals surface area (Å²) in [5.74, 6) is -1.46. The summed E-state index contributed by atoms with van der Waals surface area (Å²) < 4.78 is 5.42. The van der Waals surface area contributed by atoms with Crippen molar-refractivity contribution in [1.29, 1.82) is 0 Å². The summed E-state index contributed by atoms with van der Waals surface area (Å²) in [6.45, 7) is 2.62. The number of aryl methyl sites for hydroxylation is 1. The number of hydrogen-bond donors (Lipinski definition) is 4. The highest BCUT2D eigenvalue weighted by Crippen LogP contribution is 2.32. The van der Waals surface area contributed by atoms with Gasteiger partial charge in [0.25, 0.3) is 0 Å². The van der Waals surface area contributed by atoms with Crippen LogP contribution in [0.5, 0.6) is 11.5 Å². The number of rotatable bonds is 2. The molecule has 2 aromatic rings. The van der Waals surface area contributed by atoms with Crippen molar-refractivity contribution in [1.82, 2.24) is 0 Å². The molecule has 0 aliphatic heterocycles. The zero-order valence-electron chi connectivity index (χ0n) is 12.1. The largest absolute Gasteiger partial charge is 0.512 e. The first-order valence-electron chi connectivity index (χ1n) is 6.53. The van der Waals surface area contributed by atoms with Crippen LogP contribution in [0, 0.1) is 6.92 Å². The third-order valence-corrected chi connectivity index (χ3v) is 3.15. The number of benzene rings is 1. The summed E-state index contributed by atoms with van der Waals surface area (Å²) in [7, 11) is 0. The average molecular weight is 304 g/mol. The fourth-order valence-corrected chi connectivity index (χ4v) is 2.13. The highest BCUT2D eigenvalue weighted by atomic mass is 16.4. The number of aromatic hydroxyl groups is 2. The van der Waals surface area contributed by atoms with Crippen LogP contribution in [0.4, 0.5) is 0 Å². The summed E-state index contributed by atoms with van der Waals surface area (Å²) in [5.41, 5.74) is -0.00230. The zero-order valence-corrected chi connectivity index (χ0v) is 12.1. The van der Waals surface area contributed by atoms with E-state index in [4.69, 9.17) is 9.52 Å². The van der Waals surface area contributed by atoms with Gasteiger partial charge in [0.05, 0.1) is 12.2 Å². The second-order valence-electron chi connectivity index (χ2n) is 4.84. The standard InChI is InChI=1S/C16H16O6/c1-8-3-4-10(11(19)7-8)16-15(21)14(20)13(9(2)18)12(22-16)5-6-17/h3-5,7,17-19,21H,6H2,1-2H3/b12-5+,13-9-. The van der Waals surface area contributed by atoms with Gasteiger partial charge in [-0.25, -0.2) is 0 Å². The van der Waals surface area contributed by atoms with Gasteiger partial charge in [-0.05, 0) is 37.6 Å². The van der Waals surface area contributed by atoms with Crippen molar-refractivity contribution in [2.45, 2.75) is 13.8 Å². The number of hydrogen-bond acceptors (Lipinski definition) is 6. The first-order valence-corrected chi connectivity index (χ1v) is 6.53. The second-order valence-corrected chi connectivity index (χ2v) is 4.84. The Hall–Kier alpha value is -2.73. The van der Waals surface area contributed by atoms with Crippen molar-refractivity contribution in [2.24, 2.45) is 0 Å². The Kier molecular flexibility index (Phi) is 4.23. The van der Waals surface area contributed by atoms with Gasteiger partial charge in [-0.1, -0.05) is 6.07 Å². The van der Waals surface area contributed by atoms with Crippen molar-refractivity contribution >= 4 is 11.8 Å². The van der Waals surface area contributed by atoms with Crippen molar-refractivity contribution in [3.8, 4) is 22.8 Å². The topological polar surface area (TPSA) is 111 Å². The third-order valence-electron chi connectivity index (χ3n) is 3.15. The van der Waals surface area contributed by atoms with E-state index >= 15 is 0 Å². The van der Waals surface area contributed by atoms with Gasteiger partial charge in [0.15, 0.2) is 5.76 Å². The molecular weight excluding hydrogens is 288 g/mol. The smallest absolute Gasteiger partial charge is 0.238 e. The summed E-state index contributed by atoms with van der Waals surface area (Å²) >= 11 is 0. The molecule has 0 unspecified atom stereocenters. The van der Waals surface area contributed by atoms with Gasteiger partial charge in [0.1, 0.15) is 22.1 Å². The first kappa shape index (κ1) is 15.7. The molecule has 2 rings (SSSR count).